The molecule has 4 bridgehead atoms. The van der Waals surface area contributed by atoms with Crippen LogP contribution in [0.1, 0.15) is 45.4 Å². The molecule has 0 spiro atoms. The summed E-state index contributed by atoms with van der Waals surface area (Å²) in [6.45, 7) is 1.44. The molecule has 144 valence electrons. The van der Waals surface area contributed by atoms with Crippen LogP contribution in [0.5, 0.6) is 0 Å². The molecule has 4 aliphatic rings. The van der Waals surface area contributed by atoms with Crippen LogP contribution in [0.25, 0.3) is 0 Å². The molecule has 4 fully saturated rings. The SMILES string of the molecule is CC(=O)Nc1ccc(NC(=O)CNC(=O)C23CC4CC(CC(C4)C2)C3)cc1. The Morgan fingerprint density at radius 3 is 1.85 bits per heavy atom. The molecule has 1 aromatic carbocycles. The van der Waals surface area contributed by atoms with Crippen LogP contribution in [0.2, 0.25) is 0 Å². The van der Waals surface area contributed by atoms with Gasteiger partial charge in [-0.2, -0.15) is 0 Å². The van der Waals surface area contributed by atoms with Gasteiger partial charge in [0.15, 0.2) is 0 Å². The summed E-state index contributed by atoms with van der Waals surface area (Å²) in [5.74, 6) is 1.81. The number of carbonyl (C=O) groups excluding carboxylic acids is 3. The van der Waals surface area contributed by atoms with Crippen molar-refractivity contribution in [1.82, 2.24) is 5.32 Å². The van der Waals surface area contributed by atoms with E-state index in [4.69, 9.17) is 0 Å². The number of anilines is 2. The average Bonchev–Trinajstić information content (AvgIpc) is 2.60. The van der Waals surface area contributed by atoms with E-state index >= 15 is 0 Å². The largest absolute Gasteiger partial charge is 0.347 e. The number of hydrogen-bond donors (Lipinski definition) is 3. The zero-order chi connectivity index (χ0) is 19.0. The first kappa shape index (κ1) is 18.0. The molecule has 4 aliphatic carbocycles. The predicted molar refractivity (Wildman–Crippen MR) is 103 cm³/mol. The summed E-state index contributed by atoms with van der Waals surface area (Å²) in [5, 5.41) is 8.35. The second-order valence-corrected chi connectivity index (χ2v) is 8.69. The Bertz CT molecular complexity index is 721. The van der Waals surface area contributed by atoms with Gasteiger partial charge in [0.2, 0.25) is 17.7 Å². The van der Waals surface area contributed by atoms with E-state index in [9.17, 15) is 14.4 Å². The lowest BCUT2D eigenvalue weighted by atomic mass is 9.49. The minimum absolute atomic E-state index is 0.00592. The normalized spacial score (nSPS) is 30.6. The Kier molecular flexibility index (Phi) is 4.66. The first-order chi connectivity index (χ1) is 12.9. The summed E-state index contributed by atoms with van der Waals surface area (Å²) < 4.78 is 0. The van der Waals surface area contributed by atoms with Crippen molar-refractivity contribution in [1.29, 1.82) is 0 Å². The Labute approximate surface area is 159 Å². The van der Waals surface area contributed by atoms with E-state index in [1.54, 1.807) is 24.3 Å². The molecule has 1 aromatic rings. The second-order valence-electron chi connectivity index (χ2n) is 8.69. The highest BCUT2D eigenvalue weighted by atomic mass is 16.2. The van der Waals surface area contributed by atoms with Crippen LogP contribution in [0, 0.1) is 23.2 Å². The van der Waals surface area contributed by atoms with E-state index in [1.165, 1.54) is 26.2 Å². The third-order valence-electron chi connectivity index (χ3n) is 6.42. The quantitative estimate of drug-likeness (QED) is 0.746. The third-order valence-corrected chi connectivity index (χ3v) is 6.42. The smallest absolute Gasteiger partial charge is 0.243 e. The maximum absolute atomic E-state index is 12.9. The van der Waals surface area contributed by atoms with Gasteiger partial charge in [-0.25, -0.2) is 0 Å². The zero-order valence-electron chi connectivity index (χ0n) is 15.7. The fraction of sp³-hybridized carbons (Fsp3) is 0.571. The van der Waals surface area contributed by atoms with Gasteiger partial charge in [-0.15, -0.1) is 0 Å². The van der Waals surface area contributed by atoms with Crippen LogP contribution < -0.4 is 16.0 Å². The molecular weight excluding hydrogens is 342 g/mol. The van der Waals surface area contributed by atoms with Gasteiger partial charge in [0.05, 0.1) is 6.54 Å². The van der Waals surface area contributed by atoms with Gasteiger partial charge >= 0.3 is 0 Å². The van der Waals surface area contributed by atoms with Gasteiger partial charge in [-0.05, 0) is 80.5 Å². The molecule has 4 saturated carbocycles. The highest BCUT2D eigenvalue weighted by Gasteiger charge is 2.54. The topological polar surface area (TPSA) is 87.3 Å². The van der Waals surface area contributed by atoms with Crippen molar-refractivity contribution in [2.24, 2.45) is 23.2 Å². The van der Waals surface area contributed by atoms with Gasteiger partial charge in [0, 0.05) is 23.7 Å². The van der Waals surface area contributed by atoms with Crippen molar-refractivity contribution in [2.45, 2.75) is 45.4 Å². The molecule has 6 nitrogen and oxygen atoms in total. The van der Waals surface area contributed by atoms with Crippen molar-refractivity contribution in [2.75, 3.05) is 17.2 Å². The number of carbonyl (C=O) groups is 3. The van der Waals surface area contributed by atoms with Crippen molar-refractivity contribution in [3.8, 4) is 0 Å². The lowest BCUT2D eigenvalue weighted by Crippen LogP contribution is -2.54. The fourth-order valence-electron chi connectivity index (χ4n) is 5.78. The van der Waals surface area contributed by atoms with Gasteiger partial charge in [-0.1, -0.05) is 0 Å². The lowest BCUT2D eigenvalue weighted by molar-refractivity contribution is -0.146. The summed E-state index contributed by atoms with van der Waals surface area (Å²) in [4.78, 5) is 36.1. The molecule has 0 saturated heterocycles. The Morgan fingerprint density at radius 2 is 1.37 bits per heavy atom. The zero-order valence-corrected chi connectivity index (χ0v) is 15.7. The van der Waals surface area contributed by atoms with Crippen LogP contribution in [0.15, 0.2) is 24.3 Å². The van der Waals surface area contributed by atoms with Crippen molar-refractivity contribution in [3.05, 3.63) is 24.3 Å². The fourth-order valence-corrected chi connectivity index (χ4v) is 5.78. The van der Waals surface area contributed by atoms with Gasteiger partial charge in [0.1, 0.15) is 0 Å². The van der Waals surface area contributed by atoms with Gasteiger partial charge in [0.25, 0.3) is 0 Å². The molecule has 0 aromatic heterocycles. The van der Waals surface area contributed by atoms with Crippen LogP contribution in [0.3, 0.4) is 0 Å². The molecule has 5 rings (SSSR count). The summed E-state index contributed by atoms with van der Waals surface area (Å²) in [6.07, 6.45) is 6.87. The maximum atomic E-state index is 12.9. The van der Waals surface area contributed by atoms with E-state index in [2.05, 4.69) is 16.0 Å². The molecule has 6 heteroatoms. The number of nitrogens with one attached hydrogen (secondary N) is 3. The second kappa shape index (κ2) is 6.98. The van der Waals surface area contributed by atoms with E-state index < -0.39 is 0 Å². The summed E-state index contributed by atoms with van der Waals surface area (Å²) >= 11 is 0. The molecule has 3 N–H and O–H groups in total. The highest BCUT2D eigenvalue weighted by molar-refractivity contribution is 5.96. The molecule has 0 unspecified atom stereocenters. The van der Waals surface area contributed by atoms with E-state index in [-0.39, 0.29) is 29.7 Å². The van der Waals surface area contributed by atoms with Gasteiger partial charge in [-0.3, -0.25) is 14.4 Å². The Morgan fingerprint density at radius 1 is 0.889 bits per heavy atom. The van der Waals surface area contributed by atoms with Gasteiger partial charge < -0.3 is 16.0 Å². The minimum atomic E-state index is -0.236. The molecule has 0 radical (unpaired) electrons. The molecular formula is C21H27N3O3. The van der Waals surface area contributed by atoms with E-state index in [1.807, 2.05) is 0 Å². The Balaban J connectivity index is 1.29. The first-order valence-corrected chi connectivity index (χ1v) is 9.88. The Hall–Kier alpha value is -2.37. The number of benzene rings is 1. The standard InChI is InChI=1S/C21H27N3O3/c1-13(25)23-17-2-4-18(5-3-17)24-19(26)12-22-20(27)21-9-14-6-15(10-21)8-16(7-14)11-21/h2-5,14-16H,6-12H2,1H3,(H,22,27)(H,23,25)(H,24,26). The number of rotatable bonds is 5. The van der Waals surface area contributed by atoms with Crippen LogP contribution in [-0.4, -0.2) is 24.3 Å². The molecule has 0 aliphatic heterocycles. The minimum Gasteiger partial charge on any atom is -0.347 e. The van der Waals surface area contributed by atoms with Crippen molar-refractivity contribution < 1.29 is 14.4 Å². The summed E-state index contributed by atoms with van der Waals surface area (Å²) in [7, 11) is 0. The predicted octanol–water partition coefficient (Wildman–Crippen LogP) is 2.92. The first-order valence-electron chi connectivity index (χ1n) is 9.88. The lowest BCUT2D eigenvalue weighted by Gasteiger charge is -2.55. The number of amides is 3. The van der Waals surface area contributed by atoms with Crippen molar-refractivity contribution in [3.63, 3.8) is 0 Å². The van der Waals surface area contributed by atoms with E-state index in [0.717, 1.165) is 19.3 Å². The van der Waals surface area contributed by atoms with E-state index in [0.29, 0.717) is 29.1 Å². The summed E-state index contributed by atoms with van der Waals surface area (Å²) in [5.41, 5.74) is 1.09. The molecule has 3 amide bonds. The monoisotopic (exact) mass is 369 g/mol. The molecule has 0 atom stereocenters. The van der Waals surface area contributed by atoms with Crippen LogP contribution >= 0.6 is 0 Å². The number of hydrogen-bond acceptors (Lipinski definition) is 3. The maximum Gasteiger partial charge on any atom is 0.243 e. The average molecular weight is 369 g/mol. The molecule has 27 heavy (non-hydrogen) atoms. The highest BCUT2D eigenvalue weighted by Crippen LogP contribution is 2.60. The molecule has 0 heterocycles. The van der Waals surface area contributed by atoms with Crippen LogP contribution in [-0.2, 0) is 14.4 Å². The summed E-state index contributed by atoms with van der Waals surface area (Å²) in [6, 6.07) is 6.91. The van der Waals surface area contributed by atoms with Crippen molar-refractivity contribution >= 4 is 29.1 Å². The third kappa shape index (κ3) is 3.84. The van der Waals surface area contributed by atoms with Crippen LogP contribution in [0.4, 0.5) is 11.4 Å².